The molecule has 0 spiro atoms. The Balaban J connectivity index is 1.81. The second-order valence-electron chi connectivity index (χ2n) is 3.89. The van der Waals surface area contributed by atoms with E-state index < -0.39 is 0 Å². The normalized spacial score (nSPS) is 17.9. The Morgan fingerprint density at radius 3 is 2.87 bits per heavy atom. The van der Waals surface area contributed by atoms with Crippen LogP contribution in [0.15, 0.2) is 24.3 Å². The van der Waals surface area contributed by atoms with E-state index in [4.69, 9.17) is 16.3 Å². The molecule has 0 radical (unpaired) electrons. The maximum atomic E-state index is 5.90. The molecule has 1 aliphatic heterocycles. The molecule has 15 heavy (non-hydrogen) atoms. The number of ether oxygens (including phenoxy) is 1. The Morgan fingerprint density at radius 1 is 1.33 bits per heavy atom. The highest BCUT2D eigenvalue weighted by atomic mass is 35.5. The summed E-state index contributed by atoms with van der Waals surface area (Å²) in [5.74, 6) is 0. The second-order valence-corrected chi connectivity index (χ2v) is 4.33. The van der Waals surface area contributed by atoms with E-state index in [1.807, 2.05) is 24.3 Å². The standard InChI is InChI=1S/C12H16ClNO/c13-11-3-1-2-10(8-11)9-15-12-4-6-14-7-5-12/h1-3,8,12,14H,4-7,9H2. The first kappa shape index (κ1) is 10.9. The molecule has 1 aliphatic rings. The van der Waals surface area contributed by atoms with Crippen LogP contribution in [0, 0.1) is 0 Å². The van der Waals surface area contributed by atoms with Gasteiger partial charge in [-0.2, -0.15) is 0 Å². The van der Waals surface area contributed by atoms with Crippen molar-refractivity contribution in [1.82, 2.24) is 5.32 Å². The molecule has 1 aromatic rings. The van der Waals surface area contributed by atoms with Gasteiger partial charge in [-0.15, -0.1) is 0 Å². The summed E-state index contributed by atoms with van der Waals surface area (Å²) in [4.78, 5) is 0. The predicted molar refractivity (Wildman–Crippen MR) is 62.1 cm³/mol. The average molecular weight is 226 g/mol. The SMILES string of the molecule is Clc1cccc(COC2CCNCC2)c1. The van der Waals surface area contributed by atoms with E-state index in [0.29, 0.717) is 12.7 Å². The molecular formula is C12H16ClNO. The molecule has 0 bridgehead atoms. The van der Waals surface area contributed by atoms with Crippen molar-refractivity contribution < 1.29 is 4.74 Å². The van der Waals surface area contributed by atoms with Gasteiger partial charge in [0, 0.05) is 5.02 Å². The number of nitrogens with one attached hydrogen (secondary N) is 1. The lowest BCUT2D eigenvalue weighted by molar-refractivity contribution is 0.0212. The third kappa shape index (κ3) is 3.49. The van der Waals surface area contributed by atoms with Crippen LogP contribution in [0.4, 0.5) is 0 Å². The lowest BCUT2D eigenvalue weighted by Gasteiger charge is -2.22. The van der Waals surface area contributed by atoms with E-state index in [-0.39, 0.29) is 0 Å². The van der Waals surface area contributed by atoms with Gasteiger partial charge in [-0.3, -0.25) is 0 Å². The van der Waals surface area contributed by atoms with Gasteiger partial charge in [0.15, 0.2) is 0 Å². The monoisotopic (exact) mass is 225 g/mol. The fourth-order valence-corrected chi connectivity index (χ4v) is 2.02. The van der Waals surface area contributed by atoms with Gasteiger partial charge in [0.25, 0.3) is 0 Å². The quantitative estimate of drug-likeness (QED) is 0.854. The number of rotatable bonds is 3. The zero-order valence-electron chi connectivity index (χ0n) is 8.71. The molecule has 2 rings (SSSR count). The van der Waals surface area contributed by atoms with E-state index in [1.54, 1.807) is 0 Å². The van der Waals surface area contributed by atoms with Crippen molar-refractivity contribution in [1.29, 1.82) is 0 Å². The number of hydrogen-bond donors (Lipinski definition) is 1. The van der Waals surface area contributed by atoms with Crippen LogP contribution >= 0.6 is 11.6 Å². The molecule has 0 aromatic heterocycles. The fraction of sp³-hybridized carbons (Fsp3) is 0.500. The molecule has 0 aliphatic carbocycles. The Morgan fingerprint density at radius 2 is 2.13 bits per heavy atom. The van der Waals surface area contributed by atoms with Gasteiger partial charge in [0.2, 0.25) is 0 Å². The van der Waals surface area contributed by atoms with Gasteiger partial charge < -0.3 is 10.1 Å². The van der Waals surface area contributed by atoms with Crippen molar-refractivity contribution >= 4 is 11.6 Å². The third-order valence-electron chi connectivity index (χ3n) is 2.66. The highest BCUT2D eigenvalue weighted by molar-refractivity contribution is 6.30. The molecule has 2 nitrogen and oxygen atoms in total. The zero-order chi connectivity index (χ0) is 10.5. The number of hydrogen-bond acceptors (Lipinski definition) is 2. The van der Waals surface area contributed by atoms with Crippen molar-refractivity contribution in [2.75, 3.05) is 13.1 Å². The Kier molecular flexibility index (Phi) is 4.01. The van der Waals surface area contributed by atoms with Crippen molar-refractivity contribution in [2.45, 2.75) is 25.6 Å². The number of halogens is 1. The van der Waals surface area contributed by atoms with E-state index in [0.717, 1.165) is 36.5 Å². The van der Waals surface area contributed by atoms with Crippen molar-refractivity contribution in [2.24, 2.45) is 0 Å². The maximum absolute atomic E-state index is 5.90. The molecule has 1 saturated heterocycles. The van der Waals surface area contributed by atoms with Crippen LogP contribution in [0.3, 0.4) is 0 Å². The summed E-state index contributed by atoms with van der Waals surface area (Å²) >= 11 is 5.90. The van der Waals surface area contributed by atoms with Crippen LogP contribution in [0.25, 0.3) is 0 Å². The second kappa shape index (κ2) is 5.50. The lowest BCUT2D eigenvalue weighted by Crippen LogP contribution is -2.32. The Labute approximate surface area is 95.6 Å². The van der Waals surface area contributed by atoms with E-state index in [1.165, 1.54) is 0 Å². The van der Waals surface area contributed by atoms with Crippen LogP contribution in [-0.2, 0) is 11.3 Å². The van der Waals surface area contributed by atoms with Gasteiger partial charge in [0.05, 0.1) is 12.7 Å². The molecule has 0 unspecified atom stereocenters. The van der Waals surface area contributed by atoms with Crippen LogP contribution < -0.4 is 5.32 Å². The van der Waals surface area contributed by atoms with Gasteiger partial charge in [-0.1, -0.05) is 23.7 Å². The smallest absolute Gasteiger partial charge is 0.0721 e. The van der Waals surface area contributed by atoms with Crippen LogP contribution in [-0.4, -0.2) is 19.2 Å². The summed E-state index contributed by atoms with van der Waals surface area (Å²) in [6.07, 6.45) is 2.63. The molecule has 1 fully saturated rings. The Hall–Kier alpha value is -0.570. The van der Waals surface area contributed by atoms with Crippen molar-refractivity contribution in [3.63, 3.8) is 0 Å². The molecular weight excluding hydrogens is 210 g/mol. The first-order chi connectivity index (χ1) is 7.34. The first-order valence-electron chi connectivity index (χ1n) is 5.41. The predicted octanol–water partition coefficient (Wildman–Crippen LogP) is 2.61. The molecule has 1 N–H and O–H groups in total. The van der Waals surface area contributed by atoms with E-state index in [2.05, 4.69) is 5.32 Å². The van der Waals surface area contributed by atoms with Crippen LogP contribution in [0.1, 0.15) is 18.4 Å². The fourth-order valence-electron chi connectivity index (χ4n) is 1.80. The van der Waals surface area contributed by atoms with Crippen LogP contribution in [0.5, 0.6) is 0 Å². The Bertz CT molecular complexity index is 310. The molecule has 1 aromatic carbocycles. The van der Waals surface area contributed by atoms with Crippen molar-refractivity contribution in [3.05, 3.63) is 34.9 Å². The molecule has 0 amide bonds. The summed E-state index contributed by atoms with van der Waals surface area (Å²) in [6, 6.07) is 7.86. The largest absolute Gasteiger partial charge is 0.373 e. The van der Waals surface area contributed by atoms with E-state index in [9.17, 15) is 0 Å². The minimum Gasteiger partial charge on any atom is -0.373 e. The molecule has 0 saturated carbocycles. The molecule has 3 heteroatoms. The highest BCUT2D eigenvalue weighted by Gasteiger charge is 2.12. The highest BCUT2D eigenvalue weighted by Crippen LogP contribution is 2.14. The van der Waals surface area contributed by atoms with Gasteiger partial charge in [-0.25, -0.2) is 0 Å². The molecule has 0 atom stereocenters. The average Bonchev–Trinajstić information content (AvgIpc) is 2.28. The molecule has 82 valence electrons. The summed E-state index contributed by atoms with van der Waals surface area (Å²) in [6.45, 7) is 2.81. The molecule has 1 heterocycles. The van der Waals surface area contributed by atoms with Gasteiger partial charge in [0.1, 0.15) is 0 Å². The van der Waals surface area contributed by atoms with Gasteiger partial charge >= 0.3 is 0 Å². The van der Waals surface area contributed by atoms with E-state index >= 15 is 0 Å². The third-order valence-corrected chi connectivity index (χ3v) is 2.90. The van der Waals surface area contributed by atoms with Crippen molar-refractivity contribution in [3.8, 4) is 0 Å². The topological polar surface area (TPSA) is 21.3 Å². The minimum atomic E-state index is 0.408. The lowest BCUT2D eigenvalue weighted by atomic mass is 10.1. The van der Waals surface area contributed by atoms with Crippen LogP contribution in [0.2, 0.25) is 5.02 Å². The summed E-state index contributed by atoms with van der Waals surface area (Å²) < 4.78 is 5.83. The summed E-state index contributed by atoms with van der Waals surface area (Å²) in [5.41, 5.74) is 1.15. The number of piperidine rings is 1. The maximum Gasteiger partial charge on any atom is 0.0721 e. The first-order valence-corrected chi connectivity index (χ1v) is 5.79. The minimum absolute atomic E-state index is 0.408. The zero-order valence-corrected chi connectivity index (χ0v) is 9.46. The summed E-state index contributed by atoms with van der Waals surface area (Å²) in [7, 11) is 0. The summed E-state index contributed by atoms with van der Waals surface area (Å²) in [5, 5.41) is 4.10. The van der Waals surface area contributed by atoms with Gasteiger partial charge in [-0.05, 0) is 43.6 Å². The number of benzene rings is 1.